The SMILES string of the molecule is C[C@@H]1/C=C\C(=O)[C@@H](O)[C@@H](O)C/C=C/c2cc(NCC3CCNCC3)cc(O)c2C(=O)O[C@H]1C. The van der Waals surface area contributed by atoms with Crippen molar-refractivity contribution in [1.82, 2.24) is 5.32 Å². The highest BCUT2D eigenvalue weighted by molar-refractivity contribution is 5.97. The van der Waals surface area contributed by atoms with Crippen molar-refractivity contribution >= 4 is 23.5 Å². The maximum absolute atomic E-state index is 12.9. The Morgan fingerprint density at radius 2 is 1.85 bits per heavy atom. The Hall–Kier alpha value is -2.68. The second-order valence-electron chi connectivity index (χ2n) is 8.92. The van der Waals surface area contributed by atoms with Crippen molar-refractivity contribution in [2.24, 2.45) is 11.8 Å². The highest BCUT2D eigenvalue weighted by Gasteiger charge is 2.25. The number of aliphatic hydroxyl groups excluding tert-OH is 2. The molecule has 8 heteroatoms. The number of phenolic OH excluding ortho intramolecular Hbond substituents is 1. The Balaban J connectivity index is 1.90. The van der Waals surface area contributed by atoms with E-state index in [0.29, 0.717) is 17.2 Å². The summed E-state index contributed by atoms with van der Waals surface area (Å²) in [5.74, 6) is -1.29. The van der Waals surface area contributed by atoms with Crippen LogP contribution in [0.2, 0.25) is 0 Å². The van der Waals surface area contributed by atoms with E-state index in [1.165, 1.54) is 18.2 Å². The van der Waals surface area contributed by atoms with E-state index in [4.69, 9.17) is 4.74 Å². The van der Waals surface area contributed by atoms with Crippen LogP contribution in [0.15, 0.2) is 30.4 Å². The molecule has 1 aromatic carbocycles. The molecule has 2 aliphatic heterocycles. The fourth-order valence-electron chi connectivity index (χ4n) is 3.94. The molecular formula is C25H34N2O6. The summed E-state index contributed by atoms with van der Waals surface area (Å²) in [4.78, 5) is 25.1. The molecule has 0 bridgehead atoms. The second-order valence-corrected chi connectivity index (χ2v) is 8.92. The average molecular weight is 459 g/mol. The van der Waals surface area contributed by atoms with Crippen LogP contribution in [0.1, 0.15) is 49.0 Å². The quantitative estimate of drug-likeness (QED) is 0.437. The van der Waals surface area contributed by atoms with Gasteiger partial charge in [0.05, 0.1) is 6.10 Å². The maximum atomic E-state index is 12.9. The molecule has 1 aromatic rings. The number of nitrogens with one attached hydrogen (secondary N) is 2. The highest BCUT2D eigenvalue weighted by Crippen LogP contribution is 2.30. The van der Waals surface area contributed by atoms with Crippen molar-refractivity contribution < 1.29 is 29.6 Å². The van der Waals surface area contributed by atoms with Gasteiger partial charge in [-0.25, -0.2) is 4.79 Å². The van der Waals surface area contributed by atoms with Gasteiger partial charge in [0, 0.05) is 24.2 Å². The first kappa shape index (κ1) is 25.0. The van der Waals surface area contributed by atoms with Crippen molar-refractivity contribution in [3.8, 4) is 5.75 Å². The Labute approximate surface area is 194 Å². The number of carbonyl (C=O) groups excluding carboxylic acids is 2. The first-order valence-electron chi connectivity index (χ1n) is 11.5. The maximum Gasteiger partial charge on any atom is 0.342 e. The predicted molar refractivity (Wildman–Crippen MR) is 126 cm³/mol. The lowest BCUT2D eigenvalue weighted by molar-refractivity contribution is -0.127. The van der Waals surface area contributed by atoms with Gasteiger partial charge in [-0.15, -0.1) is 0 Å². The summed E-state index contributed by atoms with van der Waals surface area (Å²) >= 11 is 0. The minimum atomic E-state index is -1.55. The van der Waals surface area contributed by atoms with Crippen LogP contribution >= 0.6 is 0 Å². The van der Waals surface area contributed by atoms with Crippen LogP contribution in [0.4, 0.5) is 5.69 Å². The first-order valence-corrected chi connectivity index (χ1v) is 11.5. The van der Waals surface area contributed by atoms with Gasteiger partial charge in [0.1, 0.15) is 23.5 Å². The Kier molecular flexibility index (Phi) is 8.66. The van der Waals surface area contributed by atoms with Gasteiger partial charge in [-0.1, -0.05) is 25.2 Å². The number of carbonyl (C=O) groups is 2. The number of aliphatic hydroxyl groups is 2. The number of fused-ring (bicyclic) bond motifs is 1. The number of benzene rings is 1. The zero-order chi connectivity index (χ0) is 24.0. The van der Waals surface area contributed by atoms with Crippen molar-refractivity contribution in [2.75, 3.05) is 25.0 Å². The predicted octanol–water partition coefficient (Wildman–Crippen LogP) is 2.25. The molecule has 0 radical (unpaired) electrons. The van der Waals surface area contributed by atoms with Gasteiger partial charge < -0.3 is 30.7 Å². The molecule has 2 aliphatic rings. The topological polar surface area (TPSA) is 128 Å². The zero-order valence-electron chi connectivity index (χ0n) is 19.2. The van der Waals surface area contributed by atoms with Gasteiger partial charge in [-0.2, -0.15) is 0 Å². The number of hydrogen-bond acceptors (Lipinski definition) is 8. The number of aromatic hydroxyl groups is 1. The molecule has 0 spiro atoms. The van der Waals surface area contributed by atoms with Gasteiger partial charge in [0.25, 0.3) is 0 Å². The smallest absolute Gasteiger partial charge is 0.342 e. The van der Waals surface area contributed by atoms with Crippen LogP contribution in [-0.4, -0.2) is 65.0 Å². The highest BCUT2D eigenvalue weighted by atomic mass is 16.5. The number of rotatable bonds is 3. The summed E-state index contributed by atoms with van der Waals surface area (Å²) in [6.45, 7) is 6.18. The molecule has 2 heterocycles. The standard InChI is InChI=1S/C25H34N2O6/c1-15-6-7-21(29)24(31)20(28)5-3-4-18-12-19(27-14-17-8-10-26-11-9-17)13-22(30)23(18)25(32)33-16(15)2/h3-4,6-7,12-13,15-17,20,24,26-28,30-31H,5,8-11,14H2,1-2H3/b4-3+,7-6-/t15-,16+,20+,24+/m1/s1. The van der Waals surface area contributed by atoms with Gasteiger partial charge in [-0.3, -0.25) is 4.79 Å². The summed E-state index contributed by atoms with van der Waals surface area (Å²) in [6, 6.07) is 3.27. The molecule has 5 N–H and O–H groups in total. The molecule has 180 valence electrons. The molecule has 4 atom stereocenters. The lowest BCUT2D eigenvalue weighted by Gasteiger charge is -2.24. The molecule has 1 saturated heterocycles. The second kappa shape index (κ2) is 11.4. The minimum Gasteiger partial charge on any atom is -0.507 e. The first-order chi connectivity index (χ1) is 15.8. The number of ketones is 1. The van der Waals surface area contributed by atoms with Gasteiger partial charge >= 0.3 is 5.97 Å². The summed E-state index contributed by atoms with van der Waals surface area (Å²) in [6.07, 6.45) is 4.58. The van der Waals surface area contributed by atoms with Gasteiger partial charge in [0.15, 0.2) is 5.78 Å². The lowest BCUT2D eigenvalue weighted by Crippen LogP contribution is -2.32. The van der Waals surface area contributed by atoms with Crippen molar-refractivity contribution in [2.45, 2.75) is 51.4 Å². The summed E-state index contributed by atoms with van der Waals surface area (Å²) < 4.78 is 5.56. The Morgan fingerprint density at radius 3 is 2.58 bits per heavy atom. The fraction of sp³-hybridized carbons (Fsp3) is 0.520. The monoisotopic (exact) mass is 458 g/mol. The third-order valence-electron chi connectivity index (χ3n) is 6.33. The molecular weight excluding hydrogens is 424 g/mol. The summed E-state index contributed by atoms with van der Waals surface area (Å²) in [5.41, 5.74) is 1.13. The van der Waals surface area contributed by atoms with Crippen molar-refractivity contribution in [3.05, 3.63) is 41.5 Å². The van der Waals surface area contributed by atoms with E-state index in [1.54, 1.807) is 32.1 Å². The minimum absolute atomic E-state index is 0.00527. The number of phenols is 1. The number of cyclic esters (lactones) is 1. The summed E-state index contributed by atoms with van der Waals surface area (Å²) in [5, 5.41) is 37.7. The molecule has 0 aromatic heterocycles. The van der Waals surface area contributed by atoms with Crippen LogP contribution in [0.5, 0.6) is 5.75 Å². The van der Waals surface area contributed by atoms with Crippen LogP contribution < -0.4 is 10.6 Å². The van der Waals surface area contributed by atoms with Crippen LogP contribution in [0.25, 0.3) is 6.08 Å². The molecule has 0 aliphatic carbocycles. The third-order valence-corrected chi connectivity index (χ3v) is 6.33. The molecule has 0 saturated carbocycles. The van der Waals surface area contributed by atoms with Crippen LogP contribution in [0, 0.1) is 11.8 Å². The summed E-state index contributed by atoms with van der Waals surface area (Å²) in [7, 11) is 0. The Bertz CT molecular complexity index is 906. The largest absolute Gasteiger partial charge is 0.507 e. The number of anilines is 1. The fourth-order valence-corrected chi connectivity index (χ4v) is 3.94. The van der Waals surface area contributed by atoms with Gasteiger partial charge in [-0.05, 0) is 62.9 Å². The van der Waals surface area contributed by atoms with Crippen LogP contribution in [0.3, 0.4) is 0 Å². The van der Waals surface area contributed by atoms with Gasteiger partial charge in [0.2, 0.25) is 0 Å². The van der Waals surface area contributed by atoms with E-state index in [2.05, 4.69) is 10.6 Å². The number of piperidine rings is 1. The molecule has 1 fully saturated rings. The molecule has 3 rings (SSSR count). The van der Waals surface area contributed by atoms with E-state index >= 15 is 0 Å². The molecule has 0 unspecified atom stereocenters. The van der Waals surface area contributed by atoms with E-state index < -0.39 is 30.1 Å². The molecule has 0 amide bonds. The lowest BCUT2D eigenvalue weighted by atomic mass is 9.97. The molecule has 33 heavy (non-hydrogen) atoms. The van der Waals surface area contributed by atoms with E-state index in [9.17, 15) is 24.9 Å². The number of hydrogen-bond donors (Lipinski definition) is 5. The van der Waals surface area contributed by atoms with Crippen molar-refractivity contribution in [3.63, 3.8) is 0 Å². The number of esters is 1. The van der Waals surface area contributed by atoms with E-state index in [-0.39, 0.29) is 23.7 Å². The third kappa shape index (κ3) is 6.66. The van der Waals surface area contributed by atoms with Crippen LogP contribution in [-0.2, 0) is 9.53 Å². The normalized spacial score (nSPS) is 29.5. The Morgan fingerprint density at radius 1 is 1.12 bits per heavy atom. The zero-order valence-corrected chi connectivity index (χ0v) is 19.2. The van der Waals surface area contributed by atoms with E-state index in [0.717, 1.165) is 32.5 Å². The number of ether oxygens (including phenoxy) is 1. The van der Waals surface area contributed by atoms with Crippen molar-refractivity contribution in [1.29, 1.82) is 0 Å². The van der Waals surface area contributed by atoms with E-state index in [1.807, 2.05) is 0 Å². The average Bonchev–Trinajstić information content (AvgIpc) is 2.80. The molecule has 8 nitrogen and oxygen atoms in total.